The van der Waals surface area contributed by atoms with Crippen LogP contribution in [0.5, 0.6) is 0 Å². The fourth-order valence-electron chi connectivity index (χ4n) is 1.14. The highest BCUT2D eigenvalue weighted by atomic mass is 79.9. The van der Waals surface area contributed by atoms with E-state index in [1.165, 1.54) is 0 Å². The number of carbonyl (C=O) groups excluding carboxylic acids is 1. The molecule has 66 valence electrons. The number of benzene rings is 1. The molecule has 1 aromatic heterocycles. The summed E-state index contributed by atoms with van der Waals surface area (Å²) in [5, 5.41) is 7.75. The highest BCUT2D eigenvalue weighted by Gasteiger charge is 2.03. The smallest absolute Gasteiger partial charge is 0.141 e. The van der Waals surface area contributed by atoms with Gasteiger partial charge in [0.15, 0.2) is 0 Å². The maximum Gasteiger partial charge on any atom is 0.141 e. The lowest BCUT2D eigenvalue weighted by Crippen LogP contribution is -2.00. The van der Waals surface area contributed by atoms with Gasteiger partial charge in [-0.15, -0.1) is 5.10 Å². The molecule has 4 nitrogen and oxygen atoms in total. The third-order valence-electron chi connectivity index (χ3n) is 1.72. The van der Waals surface area contributed by atoms with Crippen molar-refractivity contribution < 1.29 is 4.79 Å². The Bertz CT molecular complexity index is 452. The zero-order valence-corrected chi connectivity index (χ0v) is 8.23. The molecule has 0 spiro atoms. The van der Waals surface area contributed by atoms with Crippen LogP contribution in [-0.4, -0.2) is 21.3 Å². The van der Waals surface area contributed by atoms with Crippen LogP contribution in [0.2, 0.25) is 0 Å². The molecule has 0 aliphatic rings. The van der Waals surface area contributed by atoms with Gasteiger partial charge in [-0.25, -0.2) is 4.68 Å². The minimum absolute atomic E-state index is 0.243. The molecule has 0 fully saturated rings. The Morgan fingerprint density at radius 2 is 2.38 bits per heavy atom. The maximum atomic E-state index is 10.3. The predicted molar refractivity (Wildman–Crippen MR) is 51.3 cm³/mol. The molecule has 0 saturated carbocycles. The second-order valence-corrected chi connectivity index (χ2v) is 3.49. The van der Waals surface area contributed by atoms with E-state index in [9.17, 15) is 4.79 Å². The summed E-state index contributed by atoms with van der Waals surface area (Å²) >= 11 is 3.35. The van der Waals surface area contributed by atoms with Crippen LogP contribution in [0.4, 0.5) is 0 Å². The molecule has 0 saturated heterocycles. The molecular formula is C8H6BrN3O. The van der Waals surface area contributed by atoms with Gasteiger partial charge in [-0.1, -0.05) is 21.1 Å². The largest absolute Gasteiger partial charge is 0.301 e. The SMILES string of the molecule is O=CCn1nnc2ccc(Br)cc21. The van der Waals surface area contributed by atoms with Gasteiger partial charge in [-0.05, 0) is 18.2 Å². The highest BCUT2D eigenvalue weighted by Crippen LogP contribution is 2.17. The minimum atomic E-state index is 0.243. The Kier molecular flexibility index (Phi) is 2.10. The summed E-state index contributed by atoms with van der Waals surface area (Å²) in [4.78, 5) is 10.3. The Hall–Kier alpha value is -1.23. The monoisotopic (exact) mass is 239 g/mol. The quantitative estimate of drug-likeness (QED) is 0.745. The first-order chi connectivity index (χ1) is 6.31. The molecule has 0 amide bonds. The van der Waals surface area contributed by atoms with E-state index in [1.807, 2.05) is 18.2 Å². The first-order valence-electron chi connectivity index (χ1n) is 3.73. The number of aromatic nitrogens is 3. The lowest BCUT2D eigenvalue weighted by Gasteiger charge is -1.94. The summed E-state index contributed by atoms with van der Waals surface area (Å²) in [7, 11) is 0. The van der Waals surface area contributed by atoms with Crippen LogP contribution in [-0.2, 0) is 11.3 Å². The van der Waals surface area contributed by atoms with Gasteiger partial charge in [-0.2, -0.15) is 0 Å². The zero-order valence-electron chi connectivity index (χ0n) is 6.64. The number of hydrogen-bond donors (Lipinski definition) is 0. The van der Waals surface area contributed by atoms with Crippen LogP contribution >= 0.6 is 15.9 Å². The van der Waals surface area contributed by atoms with Gasteiger partial charge in [0, 0.05) is 4.47 Å². The number of hydrogen-bond acceptors (Lipinski definition) is 3. The normalized spacial score (nSPS) is 10.5. The average Bonchev–Trinajstić information content (AvgIpc) is 2.49. The van der Waals surface area contributed by atoms with E-state index in [4.69, 9.17) is 0 Å². The third kappa shape index (κ3) is 1.47. The summed E-state index contributed by atoms with van der Waals surface area (Å²) in [6.07, 6.45) is 0.801. The van der Waals surface area contributed by atoms with E-state index in [-0.39, 0.29) is 6.54 Å². The van der Waals surface area contributed by atoms with Crippen molar-refractivity contribution in [2.45, 2.75) is 6.54 Å². The van der Waals surface area contributed by atoms with Crippen LogP contribution < -0.4 is 0 Å². The number of aldehydes is 1. The first-order valence-corrected chi connectivity index (χ1v) is 4.53. The number of nitrogens with zero attached hydrogens (tertiary/aromatic N) is 3. The maximum absolute atomic E-state index is 10.3. The molecule has 0 N–H and O–H groups in total. The van der Waals surface area contributed by atoms with Crippen molar-refractivity contribution in [3.63, 3.8) is 0 Å². The zero-order chi connectivity index (χ0) is 9.26. The summed E-state index contributed by atoms with van der Waals surface area (Å²) in [6.45, 7) is 0.243. The second kappa shape index (κ2) is 3.26. The lowest BCUT2D eigenvalue weighted by atomic mass is 10.3. The first kappa shape index (κ1) is 8.37. The van der Waals surface area contributed by atoms with Crippen molar-refractivity contribution in [1.82, 2.24) is 15.0 Å². The van der Waals surface area contributed by atoms with Gasteiger partial charge in [-0.3, -0.25) is 0 Å². The Labute approximate surface area is 82.7 Å². The van der Waals surface area contributed by atoms with Crippen molar-refractivity contribution in [3.05, 3.63) is 22.7 Å². The molecule has 5 heteroatoms. The van der Waals surface area contributed by atoms with E-state index in [0.717, 1.165) is 21.8 Å². The van der Waals surface area contributed by atoms with Gasteiger partial charge in [0.25, 0.3) is 0 Å². The third-order valence-corrected chi connectivity index (χ3v) is 2.22. The van der Waals surface area contributed by atoms with Crippen LogP contribution in [0.15, 0.2) is 22.7 Å². The molecule has 0 aliphatic heterocycles. The molecule has 2 rings (SSSR count). The Balaban J connectivity index is 2.64. The summed E-state index contributed by atoms with van der Waals surface area (Å²) in [6, 6.07) is 5.63. The molecule has 0 bridgehead atoms. The van der Waals surface area contributed by atoms with Crippen molar-refractivity contribution >= 4 is 33.2 Å². The van der Waals surface area contributed by atoms with Crippen LogP contribution in [0.25, 0.3) is 11.0 Å². The van der Waals surface area contributed by atoms with Crippen molar-refractivity contribution in [1.29, 1.82) is 0 Å². The van der Waals surface area contributed by atoms with E-state index < -0.39 is 0 Å². The van der Waals surface area contributed by atoms with Gasteiger partial charge in [0.05, 0.1) is 12.1 Å². The van der Waals surface area contributed by atoms with Crippen molar-refractivity contribution in [2.75, 3.05) is 0 Å². The van der Waals surface area contributed by atoms with Gasteiger partial charge < -0.3 is 4.79 Å². The summed E-state index contributed by atoms with van der Waals surface area (Å²) < 4.78 is 2.52. The Morgan fingerprint density at radius 3 is 3.15 bits per heavy atom. The average molecular weight is 240 g/mol. The number of rotatable bonds is 2. The van der Waals surface area contributed by atoms with Gasteiger partial charge >= 0.3 is 0 Å². The number of halogens is 1. The highest BCUT2D eigenvalue weighted by molar-refractivity contribution is 9.10. The fraction of sp³-hybridized carbons (Fsp3) is 0.125. The van der Waals surface area contributed by atoms with E-state index in [1.54, 1.807) is 4.68 Å². The molecular weight excluding hydrogens is 234 g/mol. The summed E-state index contributed by atoms with van der Waals surface area (Å²) in [5.74, 6) is 0. The van der Waals surface area contributed by atoms with Crippen LogP contribution in [0, 0.1) is 0 Å². The Morgan fingerprint density at radius 1 is 1.54 bits per heavy atom. The molecule has 0 aliphatic carbocycles. The number of fused-ring (bicyclic) bond motifs is 1. The van der Waals surface area contributed by atoms with E-state index in [2.05, 4.69) is 26.2 Å². The van der Waals surface area contributed by atoms with E-state index >= 15 is 0 Å². The van der Waals surface area contributed by atoms with Crippen LogP contribution in [0.1, 0.15) is 0 Å². The minimum Gasteiger partial charge on any atom is -0.301 e. The molecule has 0 unspecified atom stereocenters. The van der Waals surface area contributed by atoms with Crippen molar-refractivity contribution in [3.8, 4) is 0 Å². The standard InChI is InChI=1S/C8H6BrN3O/c9-6-1-2-7-8(5-6)12(3-4-13)11-10-7/h1-2,4-5H,3H2. The molecule has 0 radical (unpaired) electrons. The predicted octanol–water partition coefficient (Wildman–Crippen LogP) is 1.39. The molecule has 1 aromatic carbocycles. The summed E-state index contributed by atoms with van der Waals surface area (Å²) in [5.41, 5.74) is 1.66. The molecule has 1 heterocycles. The van der Waals surface area contributed by atoms with Crippen LogP contribution in [0.3, 0.4) is 0 Å². The topological polar surface area (TPSA) is 47.8 Å². The van der Waals surface area contributed by atoms with Crippen molar-refractivity contribution in [2.24, 2.45) is 0 Å². The second-order valence-electron chi connectivity index (χ2n) is 2.57. The van der Waals surface area contributed by atoms with E-state index in [0.29, 0.717) is 0 Å². The fourth-order valence-corrected chi connectivity index (χ4v) is 1.49. The lowest BCUT2D eigenvalue weighted by molar-refractivity contribution is -0.108. The molecule has 2 aromatic rings. The molecule has 0 atom stereocenters. The van der Waals surface area contributed by atoms with Gasteiger partial charge in [0.2, 0.25) is 0 Å². The molecule has 13 heavy (non-hydrogen) atoms. The van der Waals surface area contributed by atoms with Gasteiger partial charge in [0.1, 0.15) is 11.8 Å². The number of carbonyl (C=O) groups is 1.